The molecule has 0 bridgehead atoms. The van der Waals surface area contributed by atoms with Crippen LogP contribution in [0.3, 0.4) is 0 Å². The van der Waals surface area contributed by atoms with Crippen molar-refractivity contribution in [3.63, 3.8) is 0 Å². The molecule has 0 unspecified atom stereocenters. The minimum Gasteiger partial charge on any atom is -0.367 e. The molecule has 162 valence electrons. The number of hydrogen-bond acceptors (Lipinski definition) is 4. The Morgan fingerprint density at radius 2 is 1.61 bits per heavy atom. The number of rotatable bonds is 5. The molecule has 1 aromatic heterocycles. The molecule has 3 aromatic rings. The second-order valence-corrected chi connectivity index (χ2v) is 7.95. The Balaban J connectivity index is 0.00000272. The van der Waals surface area contributed by atoms with Crippen molar-refractivity contribution in [1.82, 2.24) is 10.3 Å². The molecule has 1 heterocycles. The first-order chi connectivity index (χ1) is 14.5. The summed E-state index contributed by atoms with van der Waals surface area (Å²) in [5.41, 5.74) is 8.31. The summed E-state index contributed by atoms with van der Waals surface area (Å²) < 4.78 is 0. The third kappa shape index (κ3) is 5.33. The molecule has 0 aliphatic heterocycles. The Labute approximate surface area is 188 Å². The number of nitrogens with two attached hydrogens (primary N) is 1. The Hall–Kier alpha value is -3.12. The maximum absolute atomic E-state index is 12.5. The van der Waals surface area contributed by atoms with Gasteiger partial charge in [-0.25, -0.2) is 4.98 Å². The molecular weight excluding hydrogens is 412 g/mol. The number of fused-ring (bicyclic) bond motifs is 1. The number of aryl methyl sites for hydroxylation is 1. The maximum atomic E-state index is 12.5. The van der Waals surface area contributed by atoms with Crippen LogP contribution in [0.4, 0.5) is 5.82 Å². The topological polar surface area (TPSA) is 97.1 Å². The van der Waals surface area contributed by atoms with E-state index in [0.717, 1.165) is 37.0 Å². The molecule has 6 nitrogen and oxygen atoms in total. The van der Waals surface area contributed by atoms with Gasteiger partial charge in [0.1, 0.15) is 5.82 Å². The average Bonchev–Trinajstić information content (AvgIpc) is 2.75. The predicted octanol–water partition coefficient (Wildman–Crippen LogP) is 4.22. The molecule has 31 heavy (non-hydrogen) atoms. The van der Waals surface area contributed by atoms with Gasteiger partial charge in [0, 0.05) is 28.6 Å². The van der Waals surface area contributed by atoms with E-state index in [1.54, 1.807) is 24.3 Å². The molecule has 7 heteroatoms. The summed E-state index contributed by atoms with van der Waals surface area (Å²) >= 11 is 0. The molecule has 1 saturated carbocycles. The van der Waals surface area contributed by atoms with Crippen molar-refractivity contribution < 1.29 is 9.59 Å². The van der Waals surface area contributed by atoms with E-state index in [1.165, 1.54) is 10.9 Å². The van der Waals surface area contributed by atoms with Gasteiger partial charge in [-0.15, -0.1) is 12.4 Å². The monoisotopic (exact) mass is 438 g/mol. The number of nitrogens with zero attached hydrogens (tertiary/aromatic N) is 1. The number of pyridine rings is 1. The SMILES string of the molecule is Cc1cc(NC2CCC(NC(=O)c3cccc(C(N)=O)c3)CC2)nc2ccccc12.Cl. The average molecular weight is 439 g/mol. The van der Waals surface area contributed by atoms with Crippen molar-refractivity contribution in [2.75, 3.05) is 5.32 Å². The molecule has 2 aromatic carbocycles. The second-order valence-electron chi connectivity index (χ2n) is 7.95. The number of carbonyl (C=O) groups excluding carboxylic acids is 2. The van der Waals surface area contributed by atoms with E-state index in [4.69, 9.17) is 10.7 Å². The molecule has 0 spiro atoms. The number of carbonyl (C=O) groups is 2. The van der Waals surface area contributed by atoms with Crippen LogP contribution in [0.25, 0.3) is 10.9 Å². The highest BCUT2D eigenvalue weighted by molar-refractivity contribution is 5.99. The lowest BCUT2D eigenvalue weighted by Gasteiger charge is -2.30. The quantitative estimate of drug-likeness (QED) is 0.555. The van der Waals surface area contributed by atoms with Gasteiger partial charge in [0.2, 0.25) is 5.91 Å². The van der Waals surface area contributed by atoms with Crippen LogP contribution in [0.5, 0.6) is 0 Å². The molecule has 1 aliphatic carbocycles. The predicted molar refractivity (Wildman–Crippen MR) is 126 cm³/mol. The zero-order chi connectivity index (χ0) is 21.1. The number of benzene rings is 2. The van der Waals surface area contributed by atoms with Gasteiger partial charge < -0.3 is 16.4 Å². The second kappa shape index (κ2) is 9.79. The van der Waals surface area contributed by atoms with Crippen LogP contribution < -0.4 is 16.4 Å². The van der Waals surface area contributed by atoms with Gasteiger partial charge in [-0.2, -0.15) is 0 Å². The van der Waals surface area contributed by atoms with Crippen molar-refractivity contribution >= 4 is 40.9 Å². The molecule has 1 fully saturated rings. The molecule has 4 rings (SSSR count). The van der Waals surface area contributed by atoms with Gasteiger partial charge in [-0.1, -0.05) is 24.3 Å². The number of nitrogens with one attached hydrogen (secondary N) is 2. The van der Waals surface area contributed by atoms with Crippen LogP contribution in [0.1, 0.15) is 52.0 Å². The fourth-order valence-electron chi connectivity index (χ4n) is 4.10. The van der Waals surface area contributed by atoms with Crippen LogP contribution in [0, 0.1) is 6.92 Å². The first-order valence-electron chi connectivity index (χ1n) is 10.3. The summed E-state index contributed by atoms with van der Waals surface area (Å²) in [5.74, 6) is 0.206. The number of primary amides is 1. The minimum atomic E-state index is -0.534. The van der Waals surface area contributed by atoms with Gasteiger partial charge >= 0.3 is 0 Å². The number of hydrogen-bond donors (Lipinski definition) is 3. The van der Waals surface area contributed by atoms with E-state index in [0.29, 0.717) is 17.2 Å². The number of anilines is 1. The largest absolute Gasteiger partial charge is 0.367 e. The highest BCUT2D eigenvalue weighted by Gasteiger charge is 2.23. The van der Waals surface area contributed by atoms with Crippen molar-refractivity contribution in [3.05, 3.63) is 71.3 Å². The lowest BCUT2D eigenvalue weighted by molar-refractivity contribution is 0.0926. The molecular formula is C24H27ClN4O2. The summed E-state index contributed by atoms with van der Waals surface area (Å²) in [6, 6.07) is 17.2. The van der Waals surface area contributed by atoms with E-state index >= 15 is 0 Å². The molecule has 0 saturated heterocycles. The van der Waals surface area contributed by atoms with E-state index in [-0.39, 0.29) is 24.4 Å². The Bertz CT molecular complexity index is 1090. The zero-order valence-corrected chi connectivity index (χ0v) is 18.2. The van der Waals surface area contributed by atoms with Gasteiger partial charge in [-0.05, 0) is 68.5 Å². The van der Waals surface area contributed by atoms with Crippen molar-refractivity contribution in [2.45, 2.75) is 44.7 Å². The normalized spacial score (nSPS) is 18.1. The van der Waals surface area contributed by atoms with Crippen molar-refractivity contribution in [3.8, 4) is 0 Å². The highest BCUT2D eigenvalue weighted by atomic mass is 35.5. The number of halogens is 1. The number of para-hydroxylation sites is 1. The summed E-state index contributed by atoms with van der Waals surface area (Å²) in [5, 5.41) is 7.82. The lowest BCUT2D eigenvalue weighted by Crippen LogP contribution is -2.40. The first kappa shape index (κ1) is 22.6. The fraction of sp³-hybridized carbons (Fsp3) is 0.292. The third-order valence-corrected chi connectivity index (χ3v) is 5.75. The highest BCUT2D eigenvalue weighted by Crippen LogP contribution is 2.25. The molecule has 1 aliphatic rings. The zero-order valence-electron chi connectivity index (χ0n) is 17.4. The summed E-state index contributed by atoms with van der Waals surface area (Å²) in [4.78, 5) is 28.6. The summed E-state index contributed by atoms with van der Waals surface area (Å²) in [6.07, 6.45) is 3.70. The van der Waals surface area contributed by atoms with E-state index in [9.17, 15) is 9.59 Å². The fourth-order valence-corrected chi connectivity index (χ4v) is 4.10. The minimum absolute atomic E-state index is 0. The standard InChI is InChI=1S/C24H26N4O2.ClH/c1-15-13-22(28-21-8-3-2-7-20(15)21)26-18-9-11-19(12-10-18)27-24(30)17-6-4-5-16(14-17)23(25)29;/h2-8,13-14,18-19H,9-12H2,1H3,(H2,25,29)(H,26,28)(H,27,30);1H. The van der Waals surface area contributed by atoms with Crippen molar-refractivity contribution in [2.24, 2.45) is 5.73 Å². The van der Waals surface area contributed by atoms with E-state index in [1.807, 2.05) is 18.2 Å². The summed E-state index contributed by atoms with van der Waals surface area (Å²) in [6.45, 7) is 2.11. The summed E-state index contributed by atoms with van der Waals surface area (Å²) in [7, 11) is 0. The molecule has 4 N–H and O–H groups in total. The molecule has 0 atom stereocenters. The smallest absolute Gasteiger partial charge is 0.251 e. The number of aromatic nitrogens is 1. The van der Waals surface area contributed by atoms with Crippen LogP contribution in [0.2, 0.25) is 0 Å². The van der Waals surface area contributed by atoms with Crippen LogP contribution >= 0.6 is 12.4 Å². The molecule has 0 radical (unpaired) electrons. The Morgan fingerprint density at radius 3 is 2.35 bits per heavy atom. The van der Waals surface area contributed by atoms with Gasteiger partial charge in [0.15, 0.2) is 0 Å². The maximum Gasteiger partial charge on any atom is 0.251 e. The third-order valence-electron chi connectivity index (χ3n) is 5.75. The van der Waals surface area contributed by atoms with Crippen LogP contribution in [-0.2, 0) is 0 Å². The van der Waals surface area contributed by atoms with Gasteiger partial charge in [0.05, 0.1) is 5.52 Å². The van der Waals surface area contributed by atoms with Crippen LogP contribution in [-0.4, -0.2) is 28.9 Å². The van der Waals surface area contributed by atoms with E-state index in [2.05, 4.69) is 29.7 Å². The van der Waals surface area contributed by atoms with Gasteiger partial charge in [-0.3, -0.25) is 9.59 Å². The molecule has 2 amide bonds. The Kier molecular flexibility index (Phi) is 7.13. The van der Waals surface area contributed by atoms with E-state index < -0.39 is 5.91 Å². The van der Waals surface area contributed by atoms with Crippen molar-refractivity contribution in [1.29, 1.82) is 0 Å². The number of amides is 2. The lowest BCUT2D eigenvalue weighted by atomic mass is 9.91. The first-order valence-corrected chi connectivity index (χ1v) is 10.3. The Morgan fingerprint density at radius 1 is 0.935 bits per heavy atom. The van der Waals surface area contributed by atoms with Gasteiger partial charge in [0.25, 0.3) is 5.91 Å². The van der Waals surface area contributed by atoms with Crippen LogP contribution in [0.15, 0.2) is 54.6 Å².